The van der Waals surface area contributed by atoms with Crippen LogP contribution in [0.15, 0.2) is 18.2 Å². The molecule has 1 aromatic carbocycles. The van der Waals surface area contributed by atoms with Crippen LogP contribution in [0.1, 0.15) is 13.3 Å². The van der Waals surface area contributed by atoms with E-state index in [2.05, 4.69) is 16.0 Å². The first-order valence-electron chi connectivity index (χ1n) is 6.29. The van der Waals surface area contributed by atoms with Gasteiger partial charge >= 0.3 is 6.03 Å². The van der Waals surface area contributed by atoms with Crippen molar-refractivity contribution < 1.29 is 13.6 Å². The first-order valence-corrected chi connectivity index (χ1v) is 6.29. The third-order valence-electron chi connectivity index (χ3n) is 3.28. The lowest BCUT2D eigenvalue weighted by Gasteiger charge is -2.30. The van der Waals surface area contributed by atoms with Crippen molar-refractivity contribution in [2.24, 2.45) is 5.92 Å². The first-order chi connectivity index (χ1) is 9.06. The molecular weight excluding hydrogens is 252 g/mol. The second kappa shape index (κ2) is 5.97. The van der Waals surface area contributed by atoms with Gasteiger partial charge < -0.3 is 16.0 Å². The molecule has 0 aromatic heterocycles. The van der Waals surface area contributed by atoms with E-state index in [-0.39, 0.29) is 11.7 Å². The van der Waals surface area contributed by atoms with Gasteiger partial charge in [0, 0.05) is 12.1 Å². The van der Waals surface area contributed by atoms with Gasteiger partial charge in [-0.2, -0.15) is 0 Å². The SMILES string of the molecule is CC1CNCCC1NC(=O)Nc1ccc(F)cc1F. The van der Waals surface area contributed by atoms with Gasteiger partial charge in [0.05, 0.1) is 5.69 Å². The normalized spacial score (nSPS) is 22.9. The third-order valence-corrected chi connectivity index (χ3v) is 3.28. The van der Waals surface area contributed by atoms with Crippen molar-refractivity contribution in [1.29, 1.82) is 0 Å². The fourth-order valence-electron chi connectivity index (χ4n) is 2.15. The van der Waals surface area contributed by atoms with Crippen LogP contribution in [0.5, 0.6) is 0 Å². The average Bonchev–Trinajstić information content (AvgIpc) is 2.36. The van der Waals surface area contributed by atoms with E-state index in [0.29, 0.717) is 5.92 Å². The standard InChI is InChI=1S/C13H17F2N3O/c1-8-7-16-5-4-11(8)17-13(19)18-12-3-2-9(14)6-10(12)15/h2-3,6,8,11,16H,4-5,7H2,1H3,(H2,17,18,19). The lowest BCUT2D eigenvalue weighted by molar-refractivity contribution is 0.235. The lowest BCUT2D eigenvalue weighted by atomic mass is 9.95. The van der Waals surface area contributed by atoms with Crippen LogP contribution in [-0.2, 0) is 0 Å². The van der Waals surface area contributed by atoms with Gasteiger partial charge in [-0.05, 0) is 37.6 Å². The molecule has 0 saturated carbocycles. The highest BCUT2D eigenvalue weighted by Crippen LogP contribution is 2.15. The summed E-state index contributed by atoms with van der Waals surface area (Å²) in [7, 11) is 0. The second-order valence-electron chi connectivity index (χ2n) is 4.80. The van der Waals surface area contributed by atoms with E-state index in [1.807, 2.05) is 6.92 Å². The molecule has 19 heavy (non-hydrogen) atoms. The maximum atomic E-state index is 13.4. The molecule has 104 valence electrons. The minimum atomic E-state index is -0.784. The first kappa shape index (κ1) is 13.7. The number of nitrogens with one attached hydrogen (secondary N) is 3. The zero-order valence-corrected chi connectivity index (χ0v) is 10.7. The highest BCUT2D eigenvalue weighted by molar-refractivity contribution is 5.89. The molecule has 1 aliphatic rings. The minimum absolute atomic E-state index is 0.0273. The molecule has 0 bridgehead atoms. The van der Waals surface area contributed by atoms with Crippen molar-refractivity contribution in [1.82, 2.24) is 10.6 Å². The number of hydrogen-bond acceptors (Lipinski definition) is 2. The van der Waals surface area contributed by atoms with Crippen molar-refractivity contribution >= 4 is 11.7 Å². The Hall–Kier alpha value is -1.69. The molecule has 3 N–H and O–H groups in total. The van der Waals surface area contributed by atoms with Gasteiger partial charge in [-0.25, -0.2) is 13.6 Å². The summed E-state index contributed by atoms with van der Waals surface area (Å²) < 4.78 is 26.1. The summed E-state index contributed by atoms with van der Waals surface area (Å²) in [6.45, 7) is 3.73. The average molecular weight is 269 g/mol. The highest BCUT2D eigenvalue weighted by Gasteiger charge is 2.22. The molecule has 6 heteroatoms. The molecule has 1 fully saturated rings. The Bertz CT molecular complexity index is 467. The van der Waals surface area contributed by atoms with Crippen molar-refractivity contribution in [2.75, 3.05) is 18.4 Å². The van der Waals surface area contributed by atoms with E-state index >= 15 is 0 Å². The molecule has 4 nitrogen and oxygen atoms in total. The number of hydrogen-bond donors (Lipinski definition) is 3. The Morgan fingerprint density at radius 3 is 2.89 bits per heavy atom. The fourth-order valence-corrected chi connectivity index (χ4v) is 2.15. The molecular formula is C13H17F2N3O. The number of amides is 2. The van der Waals surface area contributed by atoms with Crippen LogP contribution in [0.3, 0.4) is 0 Å². The molecule has 0 radical (unpaired) electrons. The molecule has 2 rings (SSSR count). The number of carbonyl (C=O) groups excluding carboxylic acids is 1. The number of rotatable bonds is 2. The van der Waals surface area contributed by atoms with E-state index in [9.17, 15) is 13.6 Å². The van der Waals surface area contributed by atoms with Crippen molar-refractivity contribution in [3.63, 3.8) is 0 Å². The molecule has 2 unspecified atom stereocenters. The summed E-state index contributed by atoms with van der Waals surface area (Å²) >= 11 is 0. The maximum absolute atomic E-state index is 13.4. The van der Waals surface area contributed by atoms with Crippen LogP contribution >= 0.6 is 0 Å². The summed E-state index contributed by atoms with van der Waals surface area (Å²) in [5, 5.41) is 8.43. The number of benzene rings is 1. The van der Waals surface area contributed by atoms with Gasteiger partial charge in [-0.1, -0.05) is 6.92 Å². The maximum Gasteiger partial charge on any atom is 0.319 e. The van der Waals surface area contributed by atoms with E-state index in [1.54, 1.807) is 0 Å². The molecule has 0 aliphatic carbocycles. The summed E-state index contributed by atoms with van der Waals surface area (Å²) in [5.41, 5.74) is -0.0273. The largest absolute Gasteiger partial charge is 0.335 e. The Balaban J connectivity index is 1.93. The summed E-state index contributed by atoms with van der Waals surface area (Å²) in [5.74, 6) is -1.14. The predicted molar refractivity (Wildman–Crippen MR) is 69.0 cm³/mol. The second-order valence-corrected chi connectivity index (χ2v) is 4.80. The van der Waals surface area contributed by atoms with Crippen LogP contribution in [0, 0.1) is 17.6 Å². The van der Waals surface area contributed by atoms with Gasteiger partial charge in [0.25, 0.3) is 0 Å². The van der Waals surface area contributed by atoms with Gasteiger partial charge in [0.2, 0.25) is 0 Å². The Labute approximate surface area is 110 Å². The summed E-state index contributed by atoms with van der Waals surface area (Å²) in [6.07, 6.45) is 0.834. The zero-order chi connectivity index (χ0) is 13.8. The van der Waals surface area contributed by atoms with Crippen molar-refractivity contribution in [3.8, 4) is 0 Å². The zero-order valence-electron chi connectivity index (χ0n) is 10.7. The van der Waals surface area contributed by atoms with Crippen LogP contribution in [0.4, 0.5) is 19.3 Å². The summed E-state index contributed by atoms with van der Waals surface area (Å²) in [6, 6.07) is 2.64. The topological polar surface area (TPSA) is 53.2 Å². The molecule has 1 aliphatic heterocycles. The van der Waals surface area contributed by atoms with Crippen LogP contribution in [0.25, 0.3) is 0 Å². The molecule has 1 heterocycles. The van der Waals surface area contributed by atoms with Crippen LogP contribution < -0.4 is 16.0 Å². The predicted octanol–water partition coefficient (Wildman–Crippen LogP) is 2.08. The minimum Gasteiger partial charge on any atom is -0.335 e. The van der Waals surface area contributed by atoms with Gasteiger partial charge in [-0.3, -0.25) is 0 Å². The monoisotopic (exact) mass is 269 g/mol. The number of piperidine rings is 1. The van der Waals surface area contributed by atoms with Crippen molar-refractivity contribution in [2.45, 2.75) is 19.4 Å². The van der Waals surface area contributed by atoms with Crippen LogP contribution in [-0.4, -0.2) is 25.2 Å². The quantitative estimate of drug-likeness (QED) is 0.770. The lowest BCUT2D eigenvalue weighted by Crippen LogP contribution is -2.49. The van der Waals surface area contributed by atoms with Gasteiger partial charge in [0.15, 0.2) is 0 Å². The van der Waals surface area contributed by atoms with E-state index < -0.39 is 17.7 Å². The number of halogens is 2. The Kier molecular flexibility index (Phi) is 4.31. The highest BCUT2D eigenvalue weighted by atomic mass is 19.1. The molecule has 2 amide bonds. The fraction of sp³-hybridized carbons (Fsp3) is 0.462. The third kappa shape index (κ3) is 3.64. The molecule has 1 aromatic rings. The molecule has 2 atom stereocenters. The summed E-state index contributed by atoms with van der Waals surface area (Å²) in [4.78, 5) is 11.8. The smallest absolute Gasteiger partial charge is 0.319 e. The Morgan fingerprint density at radius 2 is 2.21 bits per heavy atom. The Morgan fingerprint density at radius 1 is 1.42 bits per heavy atom. The van der Waals surface area contributed by atoms with Crippen molar-refractivity contribution in [3.05, 3.63) is 29.8 Å². The van der Waals surface area contributed by atoms with Gasteiger partial charge in [0.1, 0.15) is 11.6 Å². The van der Waals surface area contributed by atoms with E-state index in [0.717, 1.165) is 31.6 Å². The van der Waals surface area contributed by atoms with Gasteiger partial charge in [-0.15, -0.1) is 0 Å². The van der Waals surface area contributed by atoms with E-state index in [4.69, 9.17) is 0 Å². The number of urea groups is 1. The van der Waals surface area contributed by atoms with E-state index in [1.165, 1.54) is 6.07 Å². The number of anilines is 1. The van der Waals surface area contributed by atoms with Crippen LogP contribution in [0.2, 0.25) is 0 Å². The molecule has 0 spiro atoms. The molecule has 1 saturated heterocycles. The number of carbonyl (C=O) groups is 1.